The van der Waals surface area contributed by atoms with Gasteiger partial charge in [0.1, 0.15) is 0 Å². The lowest BCUT2D eigenvalue weighted by Crippen LogP contribution is -2.33. The van der Waals surface area contributed by atoms with Crippen LogP contribution in [-0.2, 0) is 14.6 Å². The number of carbonyl (C=O) groups is 1. The number of nitrogens with one attached hydrogen (secondary N) is 2. The number of piperidine rings is 1. The minimum atomic E-state index is -3.56. The van der Waals surface area contributed by atoms with Gasteiger partial charge in [-0.15, -0.1) is 12.4 Å². The highest BCUT2D eigenvalue weighted by Gasteiger charge is 2.19. The molecule has 2 rings (SSSR count). The van der Waals surface area contributed by atoms with Crippen molar-refractivity contribution < 1.29 is 22.7 Å². The van der Waals surface area contributed by atoms with Gasteiger partial charge >= 0.3 is 0 Å². The number of rotatable bonds is 9. The van der Waals surface area contributed by atoms with Crippen LogP contribution < -0.4 is 20.1 Å². The highest BCUT2D eigenvalue weighted by molar-refractivity contribution is 7.91. The number of amides is 1. The van der Waals surface area contributed by atoms with E-state index >= 15 is 0 Å². The molecule has 9 heteroatoms. The highest BCUT2D eigenvalue weighted by Crippen LogP contribution is 2.29. The minimum Gasteiger partial charge on any atom is -0.493 e. The molecule has 1 unspecified atom stereocenters. The van der Waals surface area contributed by atoms with Crippen molar-refractivity contribution in [3.05, 3.63) is 18.2 Å². The summed E-state index contributed by atoms with van der Waals surface area (Å²) >= 11 is 0. The number of methoxy groups -OCH3 is 2. The van der Waals surface area contributed by atoms with Crippen molar-refractivity contribution in [3.63, 3.8) is 0 Å². The van der Waals surface area contributed by atoms with Gasteiger partial charge in [-0.2, -0.15) is 0 Å². The molecule has 1 aliphatic heterocycles. The Labute approximate surface area is 167 Å². The zero-order valence-corrected chi connectivity index (χ0v) is 17.5. The summed E-state index contributed by atoms with van der Waals surface area (Å²) in [7, 11) is -0.631. The summed E-state index contributed by atoms with van der Waals surface area (Å²) in [5, 5.41) is 6.16. The van der Waals surface area contributed by atoms with Crippen LogP contribution in [0.5, 0.6) is 11.5 Å². The molecule has 1 aliphatic rings. The fourth-order valence-corrected chi connectivity index (χ4v) is 4.28. The maximum atomic E-state index is 12.4. The summed E-state index contributed by atoms with van der Waals surface area (Å²) in [5.41, 5.74) is 0. The van der Waals surface area contributed by atoms with E-state index in [1.807, 2.05) is 0 Å². The number of halogens is 1. The fourth-order valence-electron chi connectivity index (χ4n) is 3.03. The van der Waals surface area contributed by atoms with Gasteiger partial charge in [0.2, 0.25) is 5.91 Å². The largest absolute Gasteiger partial charge is 0.493 e. The summed E-state index contributed by atoms with van der Waals surface area (Å²) in [4.78, 5) is 12.1. The summed E-state index contributed by atoms with van der Waals surface area (Å²) in [6, 6.07) is 4.43. The van der Waals surface area contributed by atoms with Crippen molar-refractivity contribution in [2.75, 3.05) is 39.6 Å². The van der Waals surface area contributed by atoms with Gasteiger partial charge in [0, 0.05) is 19.0 Å². The molecule has 7 nitrogen and oxygen atoms in total. The Hall–Kier alpha value is -1.51. The standard InChI is InChI=1S/C18H28N2O5S.ClH/c1-24-16-6-5-15(12-17(16)25-2)26(22,23)11-8-18(21)20-10-7-14-4-3-9-19-13-14;/h5-6,12,14,19H,3-4,7-11,13H2,1-2H3,(H,20,21);1H. The average molecular weight is 421 g/mol. The molecule has 0 bridgehead atoms. The van der Waals surface area contributed by atoms with Crippen molar-refractivity contribution in [2.45, 2.75) is 30.6 Å². The highest BCUT2D eigenvalue weighted by atomic mass is 35.5. The zero-order valence-electron chi connectivity index (χ0n) is 15.8. The number of benzene rings is 1. The van der Waals surface area contributed by atoms with Crippen LogP contribution in [0, 0.1) is 5.92 Å². The Bertz CT molecular complexity index is 706. The molecular formula is C18H29ClN2O5S. The number of carbonyl (C=O) groups excluding carboxylic acids is 1. The van der Waals surface area contributed by atoms with Gasteiger partial charge in [0.05, 0.1) is 24.9 Å². The molecule has 2 N–H and O–H groups in total. The lowest BCUT2D eigenvalue weighted by atomic mass is 9.96. The quantitative estimate of drug-likeness (QED) is 0.632. The molecule has 0 saturated carbocycles. The predicted octanol–water partition coefficient (Wildman–Crippen LogP) is 1.80. The Morgan fingerprint density at radius 2 is 2.00 bits per heavy atom. The van der Waals surface area contributed by atoms with Gasteiger partial charge in [-0.3, -0.25) is 4.79 Å². The maximum Gasteiger partial charge on any atom is 0.221 e. The van der Waals surface area contributed by atoms with Crippen molar-refractivity contribution >= 4 is 28.2 Å². The SMILES string of the molecule is COc1ccc(S(=O)(=O)CCC(=O)NCCC2CCCNC2)cc1OC.Cl. The van der Waals surface area contributed by atoms with E-state index in [9.17, 15) is 13.2 Å². The fraction of sp³-hybridized carbons (Fsp3) is 0.611. The van der Waals surface area contributed by atoms with Crippen LogP contribution in [0.15, 0.2) is 23.1 Å². The van der Waals surface area contributed by atoms with Gasteiger partial charge in [-0.1, -0.05) is 0 Å². The first kappa shape index (κ1) is 23.5. The van der Waals surface area contributed by atoms with Crippen LogP contribution >= 0.6 is 12.4 Å². The molecule has 0 spiro atoms. The molecule has 1 fully saturated rings. The topological polar surface area (TPSA) is 93.7 Å². The molecule has 1 aromatic carbocycles. The Balaban J connectivity index is 0.00000364. The number of hydrogen-bond donors (Lipinski definition) is 2. The van der Waals surface area contributed by atoms with Crippen LogP contribution in [0.25, 0.3) is 0 Å². The van der Waals surface area contributed by atoms with E-state index in [0.29, 0.717) is 24.0 Å². The monoisotopic (exact) mass is 420 g/mol. The van der Waals surface area contributed by atoms with Crippen LogP contribution in [0.2, 0.25) is 0 Å². The Morgan fingerprint density at radius 1 is 1.26 bits per heavy atom. The Morgan fingerprint density at radius 3 is 2.63 bits per heavy atom. The smallest absolute Gasteiger partial charge is 0.221 e. The number of sulfone groups is 1. The number of hydrogen-bond acceptors (Lipinski definition) is 6. The predicted molar refractivity (Wildman–Crippen MR) is 107 cm³/mol. The van der Waals surface area contributed by atoms with Crippen molar-refractivity contribution in [2.24, 2.45) is 5.92 Å². The molecule has 0 radical (unpaired) electrons. The summed E-state index contributed by atoms with van der Waals surface area (Å²) in [6.07, 6.45) is 3.21. The van der Waals surface area contributed by atoms with Crippen molar-refractivity contribution in [1.29, 1.82) is 0 Å². The van der Waals surface area contributed by atoms with Crippen LogP contribution in [0.1, 0.15) is 25.7 Å². The molecule has 154 valence electrons. The van der Waals surface area contributed by atoms with E-state index in [4.69, 9.17) is 9.47 Å². The molecule has 1 amide bonds. The van der Waals surface area contributed by atoms with E-state index in [0.717, 1.165) is 19.5 Å². The van der Waals surface area contributed by atoms with Gasteiger partial charge in [-0.25, -0.2) is 8.42 Å². The maximum absolute atomic E-state index is 12.4. The lowest BCUT2D eigenvalue weighted by Gasteiger charge is -2.22. The second-order valence-corrected chi connectivity index (χ2v) is 8.55. The summed E-state index contributed by atoms with van der Waals surface area (Å²) in [5.74, 6) is 0.914. The molecule has 0 aromatic heterocycles. The van der Waals surface area contributed by atoms with Crippen molar-refractivity contribution in [1.82, 2.24) is 10.6 Å². The van der Waals surface area contributed by atoms with Gasteiger partial charge in [0.25, 0.3) is 0 Å². The van der Waals surface area contributed by atoms with E-state index in [2.05, 4.69) is 10.6 Å². The normalized spacial score (nSPS) is 16.9. The van der Waals surface area contributed by atoms with Gasteiger partial charge in [0.15, 0.2) is 21.3 Å². The summed E-state index contributed by atoms with van der Waals surface area (Å²) < 4.78 is 35.1. The lowest BCUT2D eigenvalue weighted by molar-refractivity contribution is -0.120. The van der Waals surface area contributed by atoms with Crippen molar-refractivity contribution in [3.8, 4) is 11.5 Å². The molecular weight excluding hydrogens is 392 g/mol. The van der Waals surface area contributed by atoms with E-state index in [1.54, 1.807) is 6.07 Å². The average Bonchev–Trinajstić information content (AvgIpc) is 2.66. The van der Waals surface area contributed by atoms with Gasteiger partial charge < -0.3 is 20.1 Å². The summed E-state index contributed by atoms with van der Waals surface area (Å²) in [6.45, 7) is 2.64. The third-order valence-corrected chi connectivity index (χ3v) is 6.30. The minimum absolute atomic E-state index is 0. The third-order valence-electron chi connectivity index (χ3n) is 4.59. The molecule has 0 aliphatic carbocycles. The molecule has 27 heavy (non-hydrogen) atoms. The molecule has 1 aromatic rings. The first-order valence-electron chi connectivity index (χ1n) is 8.88. The van der Waals surface area contributed by atoms with Crippen LogP contribution in [-0.4, -0.2) is 53.9 Å². The first-order valence-corrected chi connectivity index (χ1v) is 10.5. The third kappa shape index (κ3) is 7.20. The van der Waals surface area contributed by atoms with E-state index in [1.165, 1.54) is 39.2 Å². The number of ether oxygens (including phenoxy) is 2. The van der Waals surface area contributed by atoms with E-state index < -0.39 is 9.84 Å². The molecule has 1 heterocycles. The van der Waals surface area contributed by atoms with Crippen LogP contribution in [0.3, 0.4) is 0 Å². The Kier molecular flexibility index (Phi) is 9.90. The second-order valence-electron chi connectivity index (χ2n) is 6.44. The van der Waals surface area contributed by atoms with Gasteiger partial charge in [-0.05, 0) is 50.4 Å². The molecule has 1 saturated heterocycles. The zero-order chi connectivity index (χ0) is 19.0. The molecule has 1 atom stereocenters. The van der Waals surface area contributed by atoms with E-state index in [-0.39, 0.29) is 35.4 Å². The first-order chi connectivity index (χ1) is 12.5. The second kappa shape index (κ2) is 11.4. The van der Waals surface area contributed by atoms with Crippen LogP contribution in [0.4, 0.5) is 0 Å².